The predicted molar refractivity (Wildman–Crippen MR) is 42.2 cm³/mol. The molecule has 0 aliphatic carbocycles. The second kappa shape index (κ2) is 3.43. The van der Waals surface area contributed by atoms with Crippen molar-refractivity contribution in [3.8, 4) is 11.6 Å². The van der Waals surface area contributed by atoms with E-state index in [0.29, 0.717) is 6.20 Å². The zero-order valence-electron chi connectivity index (χ0n) is 7.47. The lowest BCUT2D eigenvalue weighted by molar-refractivity contribution is -0.212. The summed E-state index contributed by atoms with van der Waals surface area (Å²) in [5, 5.41) is 9.81. The lowest BCUT2D eigenvalue weighted by Crippen LogP contribution is -2.16. The van der Waals surface area contributed by atoms with Crippen LogP contribution in [0, 0.1) is 0 Å². The van der Waals surface area contributed by atoms with Crippen LogP contribution in [0.4, 0.5) is 13.2 Å². The molecule has 0 spiro atoms. The number of alkyl halides is 3. The maximum atomic E-state index is 12.2. The molecular weight excluding hydrogens is 229 g/mol. The van der Waals surface area contributed by atoms with Crippen molar-refractivity contribution in [2.45, 2.75) is 6.30 Å². The fraction of sp³-hybridized carbons (Fsp3) is 0.143. The number of aldehydes is 1. The Morgan fingerprint density at radius 3 is 2.62 bits per heavy atom. The van der Waals surface area contributed by atoms with Crippen molar-refractivity contribution in [1.82, 2.24) is 20.0 Å². The first-order valence-electron chi connectivity index (χ1n) is 3.92. The van der Waals surface area contributed by atoms with Gasteiger partial charge >= 0.3 is 6.30 Å². The topological polar surface area (TPSA) is 73.8 Å². The van der Waals surface area contributed by atoms with Gasteiger partial charge in [0.25, 0.3) is 11.8 Å². The molecular formula is C7H3F3N4O2. The minimum atomic E-state index is -4.61. The van der Waals surface area contributed by atoms with Crippen LogP contribution in [0.15, 0.2) is 16.7 Å². The van der Waals surface area contributed by atoms with Gasteiger partial charge < -0.3 is 4.42 Å². The number of nitrogens with zero attached hydrogens (tertiary/aromatic N) is 4. The predicted octanol–water partition coefficient (Wildman–Crippen LogP) is 1.22. The zero-order valence-corrected chi connectivity index (χ0v) is 7.47. The van der Waals surface area contributed by atoms with E-state index in [1.807, 2.05) is 0 Å². The molecule has 0 saturated carbocycles. The van der Waals surface area contributed by atoms with Gasteiger partial charge in [-0.1, -0.05) is 0 Å². The monoisotopic (exact) mass is 232 g/mol. The van der Waals surface area contributed by atoms with Gasteiger partial charge in [-0.3, -0.25) is 4.79 Å². The molecule has 2 rings (SSSR count). The van der Waals surface area contributed by atoms with Crippen LogP contribution in [-0.4, -0.2) is 26.3 Å². The minimum absolute atomic E-state index is 0.155. The van der Waals surface area contributed by atoms with Gasteiger partial charge in [-0.2, -0.15) is 9.78 Å². The molecule has 9 heteroatoms. The van der Waals surface area contributed by atoms with Crippen LogP contribution < -0.4 is 0 Å². The Kier molecular flexibility index (Phi) is 2.22. The van der Waals surface area contributed by atoms with Crippen molar-refractivity contribution in [3.63, 3.8) is 0 Å². The summed E-state index contributed by atoms with van der Waals surface area (Å²) in [6, 6.07) is 1.05. The Hall–Kier alpha value is -2.19. The smallest absolute Gasteiger partial charge is 0.412 e. The van der Waals surface area contributed by atoms with E-state index in [1.54, 1.807) is 0 Å². The number of carbonyl (C=O) groups is 1. The average molecular weight is 232 g/mol. The number of halogens is 3. The fourth-order valence-corrected chi connectivity index (χ4v) is 0.965. The van der Waals surface area contributed by atoms with Crippen molar-refractivity contribution in [3.05, 3.63) is 18.2 Å². The summed E-state index contributed by atoms with van der Waals surface area (Å²) >= 11 is 0. The summed E-state index contributed by atoms with van der Waals surface area (Å²) in [6.45, 7) is 0. The summed E-state index contributed by atoms with van der Waals surface area (Å²) in [6.07, 6.45) is -3.61. The van der Waals surface area contributed by atoms with Gasteiger partial charge in [0.05, 0.1) is 0 Å². The molecule has 0 aromatic carbocycles. The number of hydrogen-bond acceptors (Lipinski definition) is 5. The van der Waals surface area contributed by atoms with E-state index in [2.05, 4.69) is 15.3 Å². The van der Waals surface area contributed by atoms with Crippen molar-refractivity contribution < 1.29 is 22.4 Å². The Balaban J connectivity index is 2.35. The van der Waals surface area contributed by atoms with Gasteiger partial charge in [0.15, 0.2) is 0 Å². The molecule has 84 valence electrons. The van der Waals surface area contributed by atoms with Crippen molar-refractivity contribution in [2.24, 2.45) is 0 Å². The lowest BCUT2D eigenvalue weighted by atomic mass is 10.4. The summed E-state index contributed by atoms with van der Waals surface area (Å²) < 4.78 is 41.0. The SMILES string of the molecule is O=Cc1nnc(-c2ccn(C(F)(F)F)n2)o1. The Morgan fingerprint density at radius 1 is 1.38 bits per heavy atom. The summed E-state index contributed by atoms with van der Waals surface area (Å²) in [7, 11) is 0. The van der Waals surface area contributed by atoms with Gasteiger partial charge in [-0.25, -0.2) is 0 Å². The highest BCUT2D eigenvalue weighted by Gasteiger charge is 2.32. The van der Waals surface area contributed by atoms with E-state index < -0.39 is 6.30 Å². The summed E-state index contributed by atoms with van der Waals surface area (Å²) in [5.74, 6) is -0.568. The summed E-state index contributed by atoms with van der Waals surface area (Å²) in [4.78, 5) is 10.2. The minimum Gasteiger partial charge on any atom is -0.412 e. The normalized spacial score (nSPS) is 11.7. The molecule has 0 atom stereocenters. The summed E-state index contributed by atoms with van der Waals surface area (Å²) in [5.41, 5.74) is -0.155. The third-order valence-corrected chi connectivity index (χ3v) is 1.61. The first-order valence-corrected chi connectivity index (χ1v) is 3.92. The maximum absolute atomic E-state index is 12.2. The van der Waals surface area contributed by atoms with Crippen molar-refractivity contribution in [1.29, 1.82) is 0 Å². The van der Waals surface area contributed by atoms with Gasteiger partial charge in [0.1, 0.15) is 5.69 Å². The maximum Gasteiger partial charge on any atom is 0.504 e. The molecule has 0 bridgehead atoms. The molecule has 2 aromatic rings. The Labute approximate surface area is 85.7 Å². The molecule has 0 saturated heterocycles. The average Bonchev–Trinajstić information content (AvgIpc) is 2.85. The molecule has 2 heterocycles. The van der Waals surface area contributed by atoms with E-state index in [1.165, 1.54) is 0 Å². The fourth-order valence-electron chi connectivity index (χ4n) is 0.965. The molecule has 0 aliphatic rings. The van der Waals surface area contributed by atoms with Crippen LogP contribution in [0.5, 0.6) is 0 Å². The van der Waals surface area contributed by atoms with E-state index in [-0.39, 0.29) is 28.4 Å². The highest BCUT2D eigenvalue weighted by Crippen LogP contribution is 2.23. The van der Waals surface area contributed by atoms with Crippen LogP contribution >= 0.6 is 0 Å². The van der Waals surface area contributed by atoms with Crippen LogP contribution in [0.1, 0.15) is 10.7 Å². The zero-order chi connectivity index (χ0) is 11.8. The van der Waals surface area contributed by atoms with E-state index >= 15 is 0 Å². The number of hydrogen-bond donors (Lipinski definition) is 0. The molecule has 0 amide bonds. The van der Waals surface area contributed by atoms with E-state index in [4.69, 9.17) is 4.42 Å². The molecule has 0 aliphatic heterocycles. The molecule has 0 unspecified atom stereocenters. The first-order chi connectivity index (χ1) is 7.50. The van der Waals surface area contributed by atoms with Crippen LogP contribution in [0.3, 0.4) is 0 Å². The number of carbonyl (C=O) groups excluding carboxylic acids is 1. The highest BCUT2D eigenvalue weighted by atomic mass is 19.4. The van der Waals surface area contributed by atoms with Crippen LogP contribution in [0.25, 0.3) is 11.6 Å². The van der Waals surface area contributed by atoms with Crippen molar-refractivity contribution in [2.75, 3.05) is 0 Å². The van der Waals surface area contributed by atoms with Crippen LogP contribution in [-0.2, 0) is 6.30 Å². The number of aromatic nitrogens is 4. The third kappa shape index (κ3) is 1.78. The second-order valence-electron chi connectivity index (χ2n) is 2.68. The van der Waals surface area contributed by atoms with Crippen molar-refractivity contribution >= 4 is 6.29 Å². The van der Waals surface area contributed by atoms with E-state index in [9.17, 15) is 18.0 Å². The largest absolute Gasteiger partial charge is 0.504 e. The van der Waals surface area contributed by atoms with Gasteiger partial charge in [0, 0.05) is 6.20 Å². The standard InChI is InChI=1S/C7H3F3N4O2/c8-7(9,10)14-2-1-4(13-14)6-12-11-5(3-15)16-6/h1-3H. The van der Waals surface area contributed by atoms with Gasteiger partial charge in [0.2, 0.25) is 6.29 Å². The first kappa shape index (κ1) is 10.3. The molecule has 6 nitrogen and oxygen atoms in total. The third-order valence-electron chi connectivity index (χ3n) is 1.61. The van der Waals surface area contributed by atoms with E-state index in [0.717, 1.165) is 6.07 Å². The van der Waals surface area contributed by atoms with Gasteiger partial charge in [-0.05, 0) is 6.07 Å². The number of rotatable bonds is 2. The van der Waals surface area contributed by atoms with Crippen LogP contribution in [0.2, 0.25) is 0 Å². The molecule has 0 N–H and O–H groups in total. The lowest BCUT2D eigenvalue weighted by Gasteiger charge is -2.03. The molecule has 2 aromatic heterocycles. The highest BCUT2D eigenvalue weighted by molar-refractivity contribution is 5.67. The molecule has 16 heavy (non-hydrogen) atoms. The Bertz CT molecular complexity index is 516. The Morgan fingerprint density at radius 2 is 2.12 bits per heavy atom. The quantitative estimate of drug-likeness (QED) is 0.728. The molecule has 0 radical (unpaired) electrons. The molecule has 0 fully saturated rings. The second-order valence-corrected chi connectivity index (χ2v) is 2.68. The van der Waals surface area contributed by atoms with Gasteiger partial charge in [-0.15, -0.1) is 23.4 Å².